The van der Waals surface area contributed by atoms with Crippen LogP contribution in [-0.4, -0.2) is 17.6 Å². The van der Waals surface area contributed by atoms with Crippen LogP contribution in [0.1, 0.15) is 12.2 Å². The molecule has 3 N–H and O–H groups in total. The highest BCUT2D eigenvalue weighted by Gasteiger charge is 1.96. The number of hydrogen-bond acceptors (Lipinski definition) is 4. The molecule has 0 aliphatic rings. The van der Waals surface area contributed by atoms with Gasteiger partial charge in [-0.3, -0.25) is 4.79 Å². The second-order valence-corrected chi connectivity index (χ2v) is 2.37. The Bertz CT molecular complexity index is 233. The first-order chi connectivity index (χ1) is 5.79. The number of carbonyl (C=O) groups excluding carboxylic acids is 1. The maximum Gasteiger partial charge on any atom is 0.218 e. The van der Waals surface area contributed by atoms with E-state index in [1.54, 1.807) is 12.3 Å². The first-order valence-electron chi connectivity index (χ1n) is 3.67. The second kappa shape index (κ2) is 4.50. The van der Waals surface area contributed by atoms with E-state index in [0.717, 1.165) is 5.76 Å². The minimum Gasteiger partial charge on any atom is -0.370 e. The molecule has 0 aromatic carbocycles. The fourth-order valence-corrected chi connectivity index (χ4v) is 0.756. The van der Waals surface area contributed by atoms with Crippen molar-refractivity contribution in [3.05, 3.63) is 18.0 Å². The van der Waals surface area contributed by atoms with E-state index >= 15 is 0 Å². The first kappa shape index (κ1) is 8.73. The molecule has 0 aliphatic carbocycles. The van der Waals surface area contributed by atoms with E-state index < -0.39 is 0 Å². The molecule has 1 heterocycles. The molecule has 1 rings (SSSR count). The van der Waals surface area contributed by atoms with Crippen LogP contribution >= 0.6 is 0 Å². The molecule has 1 amide bonds. The number of primary amides is 1. The number of aromatic nitrogens is 1. The summed E-state index contributed by atoms with van der Waals surface area (Å²) in [6.07, 6.45) is 1.92. The quantitative estimate of drug-likeness (QED) is 0.590. The lowest BCUT2D eigenvalue weighted by Gasteiger charge is -1.97. The molecule has 5 heteroatoms. The lowest BCUT2D eigenvalue weighted by Crippen LogP contribution is -2.21. The molecular weight excluding hydrogens is 158 g/mol. The normalized spacial score (nSPS) is 10.0. The molecule has 0 unspecified atom stereocenters. The summed E-state index contributed by atoms with van der Waals surface area (Å²) < 4.78 is 4.81. The van der Waals surface area contributed by atoms with Crippen LogP contribution in [0.2, 0.25) is 0 Å². The third-order valence-electron chi connectivity index (χ3n) is 1.34. The minimum absolute atomic E-state index is 0.305. The zero-order chi connectivity index (χ0) is 8.81. The summed E-state index contributed by atoms with van der Waals surface area (Å²) in [6, 6.07) is 1.76. The fraction of sp³-hybridized carbons (Fsp3) is 0.429. The average molecular weight is 169 g/mol. The third-order valence-corrected chi connectivity index (χ3v) is 1.34. The summed E-state index contributed by atoms with van der Waals surface area (Å²) in [7, 11) is 0. The van der Waals surface area contributed by atoms with Gasteiger partial charge >= 0.3 is 0 Å². The van der Waals surface area contributed by atoms with E-state index in [-0.39, 0.29) is 5.91 Å². The molecule has 0 saturated carbocycles. The van der Waals surface area contributed by atoms with Crippen molar-refractivity contribution in [1.29, 1.82) is 0 Å². The fourth-order valence-electron chi connectivity index (χ4n) is 0.756. The standard InChI is InChI=1S/C7H11N3O2/c8-7(11)2-3-9-5-6-1-4-10-12-6/h1,4,9H,2-3,5H2,(H2,8,11). The predicted octanol–water partition coefficient (Wildman–Crippen LogP) is -0.360. The lowest BCUT2D eigenvalue weighted by molar-refractivity contribution is -0.117. The maximum absolute atomic E-state index is 10.3. The number of nitrogens with one attached hydrogen (secondary N) is 1. The Kier molecular flexibility index (Phi) is 3.28. The number of carbonyl (C=O) groups is 1. The number of nitrogens with zero attached hydrogens (tertiary/aromatic N) is 1. The molecule has 0 saturated heterocycles. The predicted molar refractivity (Wildman–Crippen MR) is 42.0 cm³/mol. The summed E-state index contributed by atoms with van der Waals surface area (Å²) in [5.74, 6) is 0.444. The molecular formula is C7H11N3O2. The Morgan fingerprint density at radius 1 is 1.75 bits per heavy atom. The lowest BCUT2D eigenvalue weighted by atomic mass is 10.4. The van der Waals surface area contributed by atoms with Gasteiger partial charge in [-0.1, -0.05) is 5.16 Å². The Labute approximate surface area is 69.9 Å². The monoisotopic (exact) mass is 169 g/mol. The average Bonchev–Trinajstić information content (AvgIpc) is 2.49. The van der Waals surface area contributed by atoms with Crippen LogP contribution in [-0.2, 0) is 11.3 Å². The van der Waals surface area contributed by atoms with E-state index in [9.17, 15) is 4.79 Å². The zero-order valence-corrected chi connectivity index (χ0v) is 6.62. The highest BCUT2D eigenvalue weighted by atomic mass is 16.5. The highest BCUT2D eigenvalue weighted by molar-refractivity contribution is 5.73. The Morgan fingerprint density at radius 2 is 2.58 bits per heavy atom. The van der Waals surface area contributed by atoms with Gasteiger partial charge in [0.05, 0.1) is 12.7 Å². The van der Waals surface area contributed by atoms with Gasteiger partial charge in [-0.05, 0) is 0 Å². The van der Waals surface area contributed by atoms with E-state index in [2.05, 4.69) is 10.5 Å². The van der Waals surface area contributed by atoms with Gasteiger partial charge < -0.3 is 15.6 Å². The second-order valence-electron chi connectivity index (χ2n) is 2.37. The number of amides is 1. The summed E-state index contributed by atoms with van der Waals surface area (Å²) in [6.45, 7) is 1.14. The van der Waals surface area contributed by atoms with E-state index in [1.165, 1.54) is 0 Å². The molecule has 0 fully saturated rings. The number of nitrogens with two attached hydrogens (primary N) is 1. The van der Waals surface area contributed by atoms with Crippen molar-refractivity contribution >= 4 is 5.91 Å². The first-order valence-corrected chi connectivity index (χ1v) is 3.67. The van der Waals surface area contributed by atoms with Crippen LogP contribution in [0.15, 0.2) is 16.8 Å². The van der Waals surface area contributed by atoms with Gasteiger partial charge in [-0.2, -0.15) is 0 Å². The smallest absolute Gasteiger partial charge is 0.218 e. The molecule has 0 radical (unpaired) electrons. The van der Waals surface area contributed by atoms with Gasteiger partial charge in [0.25, 0.3) is 0 Å². The molecule has 0 spiro atoms. The summed E-state index contributed by atoms with van der Waals surface area (Å²) in [4.78, 5) is 10.3. The molecule has 0 atom stereocenters. The summed E-state index contributed by atoms with van der Waals surface area (Å²) in [5, 5.41) is 6.51. The van der Waals surface area contributed by atoms with Gasteiger partial charge in [0.1, 0.15) is 5.76 Å². The van der Waals surface area contributed by atoms with Crippen molar-refractivity contribution in [3.63, 3.8) is 0 Å². The van der Waals surface area contributed by atoms with E-state index in [1.807, 2.05) is 0 Å². The van der Waals surface area contributed by atoms with Crippen LogP contribution in [0.5, 0.6) is 0 Å². The van der Waals surface area contributed by atoms with Gasteiger partial charge in [0.2, 0.25) is 5.91 Å². The van der Waals surface area contributed by atoms with Crippen molar-refractivity contribution in [2.75, 3.05) is 6.54 Å². The van der Waals surface area contributed by atoms with Crippen molar-refractivity contribution in [2.24, 2.45) is 5.73 Å². The molecule has 66 valence electrons. The molecule has 5 nitrogen and oxygen atoms in total. The van der Waals surface area contributed by atoms with Crippen LogP contribution in [0, 0.1) is 0 Å². The zero-order valence-electron chi connectivity index (χ0n) is 6.62. The van der Waals surface area contributed by atoms with Crippen molar-refractivity contribution in [2.45, 2.75) is 13.0 Å². The van der Waals surface area contributed by atoms with Crippen LogP contribution in [0.4, 0.5) is 0 Å². The van der Waals surface area contributed by atoms with Gasteiger partial charge in [-0.25, -0.2) is 0 Å². The number of hydrogen-bond donors (Lipinski definition) is 2. The SMILES string of the molecule is NC(=O)CCNCc1ccno1. The Morgan fingerprint density at radius 3 is 3.17 bits per heavy atom. The Balaban J connectivity index is 2.07. The summed E-state index contributed by atoms with van der Waals surface area (Å²) >= 11 is 0. The van der Waals surface area contributed by atoms with Crippen molar-refractivity contribution < 1.29 is 9.32 Å². The molecule has 0 bridgehead atoms. The van der Waals surface area contributed by atoms with Gasteiger partial charge in [0, 0.05) is 19.0 Å². The van der Waals surface area contributed by atoms with Crippen molar-refractivity contribution in [1.82, 2.24) is 10.5 Å². The van der Waals surface area contributed by atoms with Crippen LogP contribution in [0.3, 0.4) is 0 Å². The van der Waals surface area contributed by atoms with Crippen LogP contribution in [0.25, 0.3) is 0 Å². The molecule has 1 aromatic rings. The van der Waals surface area contributed by atoms with E-state index in [4.69, 9.17) is 10.3 Å². The largest absolute Gasteiger partial charge is 0.370 e. The maximum atomic E-state index is 10.3. The van der Waals surface area contributed by atoms with Gasteiger partial charge in [0.15, 0.2) is 0 Å². The summed E-state index contributed by atoms with van der Waals surface area (Å²) in [5.41, 5.74) is 4.94. The Hall–Kier alpha value is -1.36. The van der Waals surface area contributed by atoms with Crippen LogP contribution < -0.4 is 11.1 Å². The topological polar surface area (TPSA) is 81.2 Å². The molecule has 1 aromatic heterocycles. The van der Waals surface area contributed by atoms with Crippen molar-refractivity contribution in [3.8, 4) is 0 Å². The third kappa shape index (κ3) is 3.16. The minimum atomic E-state index is -0.305. The molecule has 12 heavy (non-hydrogen) atoms. The molecule has 0 aliphatic heterocycles. The van der Waals surface area contributed by atoms with Gasteiger partial charge in [-0.15, -0.1) is 0 Å². The van der Waals surface area contributed by atoms with E-state index in [0.29, 0.717) is 19.5 Å². The highest BCUT2D eigenvalue weighted by Crippen LogP contribution is 1.94. The number of rotatable bonds is 5.